The second-order valence-electron chi connectivity index (χ2n) is 6.19. The van der Waals surface area contributed by atoms with Crippen molar-refractivity contribution in [1.29, 1.82) is 0 Å². The Balaban J connectivity index is 1.37. The summed E-state index contributed by atoms with van der Waals surface area (Å²) < 4.78 is 6.87. The van der Waals surface area contributed by atoms with Crippen LogP contribution in [-0.2, 0) is 0 Å². The van der Waals surface area contributed by atoms with Crippen LogP contribution in [0.4, 0.5) is 10.5 Å². The molecule has 7 nitrogen and oxygen atoms in total. The zero-order chi connectivity index (χ0) is 17.9. The minimum Gasteiger partial charge on any atom is -0.497 e. The van der Waals surface area contributed by atoms with Gasteiger partial charge >= 0.3 is 6.03 Å². The lowest BCUT2D eigenvalue weighted by molar-refractivity contribution is 0.205. The molecular weight excluding hydrogens is 330 g/mol. The number of ether oxygens (including phenoxy) is 1. The average molecular weight is 351 g/mol. The van der Waals surface area contributed by atoms with Crippen LogP contribution >= 0.6 is 0 Å². The van der Waals surface area contributed by atoms with E-state index in [1.54, 1.807) is 18.1 Å². The van der Waals surface area contributed by atoms with Gasteiger partial charge in [0.15, 0.2) is 0 Å². The maximum absolute atomic E-state index is 12.6. The number of nitrogens with one attached hydrogen (secondary N) is 1. The van der Waals surface area contributed by atoms with Gasteiger partial charge in [-0.1, -0.05) is 12.1 Å². The highest BCUT2D eigenvalue weighted by Crippen LogP contribution is 2.20. The Morgan fingerprint density at radius 2 is 1.77 bits per heavy atom. The molecule has 1 aliphatic rings. The van der Waals surface area contributed by atoms with E-state index in [0.29, 0.717) is 13.1 Å². The highest BCUT2D eigenvalue weighted by Gasteiger charge is 2.21. The third-order valence-electron chi connectivity index (χ3n) is 4.67. The fourth-order valence-corrected chi connectivity index (χ4v) is 3.18. The van der Waals surface area contributed by atoms with Crippen molar-refractivity contribution < 1.29 is 9.53 Å². The molecule has 0 atom stereocenters. The van der Waals surface area contributed by atoms with E-state index in [2.05, 4.69) is 15.3 Å². The lowest BCUT2D eigenvalue weighted by Crippen LogP contribution is -2.51. The second kappa shape index (κ2) is 6.95. The SMILES string of the molecule is COc1ccc(N2CCN(C(=O)Nn3cnc4ccccc43)CC2)cc1. The van der Waals surface area contributed by atoms with Gasteiger partial charge in [0.2, 0.25) is 0 Å². The first-order valence-corrected chi connectivity index (χ1v) is 8.61. The van der Waals surface area contributed by atoms with Gasteiger partial charge in [-0.3, -0.25) is 0 Å². The first-order valence-electron chi connectivity index (χ1n) is 8.61. The molecule has 134 valence electrons. The van der Waals surface area contributed by atoms with Crippen LogP contribution in [0.15, 0.2) is 54.9 Å². The first kappa shape index (κ1) is 16.3. The third kappa shape index (κ3) is 3.15. The number of carbonyl (C=O) groups is 1. The van der Waals surface area contributed by atoms with Gasteiger partial charge in [-0.15, -0.1) is 0 Å². The molecule has 2 heterocycles. The molecule has 26 heavy (non-hydrogen) atoms. The van der Waals surface area contributed by atoms with Crippen molar-refractivity contribution in [2.75, 3.05) is 43.6 Å². The molecule has 2 aromatic carbocycles. The topological polar surface area (TPSA) is 62.6 Å². The highest BCUT2D eigenvalue weighted by atomic mass is 16.5. The van der Waals surface area contributed by atoms with Crippen molar-refractivity contribution in [3.8, 4) is 5.75 Å². The Bertz CT molecular complexity index is 898. The molecule has 2 amide bonds. The molecule has 0 unspecified atom stereocenters. The standard InChI is InChI=1S/C19H21N5O2/c1-26-16-8-6-15(7-9-16)22-10-12-23(13-11-22)19(25)21-24-14-20-17-4-2-3-5-18(17)24/h2-9,14H,10-13H2,1H3,(H,21,25). The lowest BCUT2D eigenvalue weighted by Gasteiger charge is -2.36. The van der Waals surface area contributed by atoms with Gasteiger partial charge in [-0.2, -0.15) is 0 Å². The Kier molecular flexibility index (Phi) is 4.35. The number of aromatic nitrogens is 2. The predicted octanol–water partition coefficient (Wildman–Crippen LogP) is 2.53. The number of amides is 2. The maximum Gasteiger partial charge on any atom is 0.336 e. The van der Waals surface area contributed by atoms with E-state index in [4.69, 9.17) is 4.74 Å². The van der Waals surface area contributed by atoms with Gasteiger partial charge < -0.3 is 14.5 Å². The normalized spacial score (nSPS) is 14.5. The summed E-state index contributed by atoms with van der Waals surface area (Å²) in [7, 11) is 1.66. The van der Waals surface area contributed by atoms with Gasteiger partial charge in [0, 0.05) is 31.9 Å². The van der Waals surface area contributed by atoms with Crippen molar-refractivity contribution in [3.63, 3.8) is 0 Å². The number of anilines is 1. The summed E-state index contributed by atoms with van der Waals surface area (Å²) in [4.78, 5) is 21.0. The zero-order valence-electron chi connectivity index (χ0n) is 14.6. The summed E-state index contributed by atoms with van der Waals surface area (Å²) in [6.07, 6.45) is 1.64. The van der Waals surface area contributed by atoms with Gasteiger partial charge in [0.25, 0.3) is 0 Å². The molecule has 3 aromatic rings. The van der Waals surface area contributed by atoms with Gasteiger partial charge in [0.1, 0.15) is 12.1 Å². The number of carbonyl (C=O) groups excluding carboxylic acids is 1. The van der Waals surface area contributed by atoms with Crippen LogP contribution in [0, 0.1) is 0 Å². The molecule has 7 heteroatoms. The van der Waals surface area contributed by atoms with Gasteiger partial charge in [-0.25, -0.2) is 19.9 Å². The number of hydrogen-bond acceptors (Lipinski definition) is 4. The van der Waals surface area contributed by atoms with Crippen LogP contribution in [0.25, 0.3) is 11.0 Å². The second-order valence-corrected chi connectivity index (χ2v) is 6.19. The number of nitrogens with zero attached hydrogens (tertiary/aromatic N) is 4. The number of para-hydroxylation sites is 2. The maximum atomic E-state index is 12.6. The number of methoxy groups -OCH3 is 1. The molecule has 0 radical (unpaired) electrons. The van der Waals surface area contributed by atoms with Crippen LogP contribution in [0.1, 0.15) is 0 Å². The minimum atomic E-state index is -0.109. The smallest absolute Gasteiger partial charge is 0.336 e. The van der Waals surface area contributed by atoms with Crippen LogP contribution in [0.3, 0.4) is 0 Å². The van der Waals surface area contributed by atoms with Crippen molar-refractivity contribution in [2.24, 2.45) is 0 Å². The molecular formula is C19H21N5O2. The highest BCUT2D eigenvalue weighted by molar-refractivity contribution is 5.85. The minimum absolute atomic E-state index is 0.109. The number of fused-ring (bicyclic) bond motifs is 1. The van der Waals surface area contributed by atoms with Crippen LogP contribution in [0.2, 0.25) is 0 Å². The van der Waals surface area contributed by atoms with E-state index in [1.165, 1.54) is 0 Å². The summed E-state index contributed by atoms with van der Waals surface area (Å²) in [5.41, 5.74) is 5.80. The summed E-state index contributed by atoms with van der Waals surface area (Å²) in [5, 5.41) is 0. The molecule has 1 saturated heterocycles. The molecule has 1 N–H and O–H groups in total. The lowest BCUT2D eigenvalue weighted by atomic mass is 10.2. The number of benzene rings is 2. The fourth-order valence-electron chi connectivity index (χ4n) is 3.18. The van der Waals surface area contributed by atoms with E-state index in [1.807, 2.05) is 53.4 Å². The van der Waals surface area contributed by atoms with E-state index in [9.17, 15) is 4.79 Å². The largest absolute Gasteiger partial charge is 0.497 e. The van der Waals surface area contributed by atoms with E-state index >= 15 is 0 Å². The van der Waals surface area contributed by atoms with E-state index in [0.717, 1.165) is 35.6 Å². The Hall–Kier alpha value is -3.22. The van der Waals surface area contributed by atoms with Gasteiger partial charge in [-0.05, 0) is 36.4 Å². The average Bonchev–Trinajstić information content (AvgIpc) is 3.11. The van der Waals surface area contributed by atoms with Crippen LogP contribution in [-0.4, -0.2) is 53.9 Å². The molecule has 1 fully saturated rings. The van der Waals surface area contributed by atoms with Gasteiger partial charge in [0.05, 0.1) is 18.1 Å². The molecule has 4 rings (SSSR count). The summed E-state index contributed by atoms with van der Waals surface area (Å²) >= 11 is 0. The molecule has 0 saturated carbocycles. The Labute approximate surface area is 151 Å². The predicted molar refractivity (Wildman–Crippen MR) is 101 cm³/mol. The number of rotatable bonds is 3. The molecule has 0 spiro atoms. The van der Waals surface area contributed by atoms with Crippen LogP contribution < -0.4 is 15.1 Å². The first-order chi connectivity index (χ1) is 12.7. The summed E-state index contributed by atoms with van der Waals surface area (Å²) in [6, 6.07) is 15.6. The van der Waals surface area contributed by atoms with Crippen molar-refractivity contribution in [3.05, 3.63) is 54.9 Å². The Morgan fingerprint density at radius 1 is 1.04 bits per heavy atom. The fraction of sp³-hybridized carbons (Fsp3) is 0.263. The summed E-state index contributed by atoms with van der Waals surface area (Å²) in [5.74, 6) is 0.847. The molecule has 0 aliphatic carbocycles. The quantitative estimate of drug-likeness (QED) is 0.788. The Morgan fingerprint density at radius 3 is 2.50 bits per heavy atom. The van der Waals surface area contributed by atoms with Crippen molar-refractivity contribution >= 4 is 22.8 Å². The monoisotopic (exact) mass is 351 g/mol. The number of urea groups is 1. The number of piperazine rings is 1. The number of hydrogen-bond donors (Lipinski definition) is 1. The van der Waals surface area contributed by atoms with Crippen molar-refractivity contribution in [2.45, 2.75) is 0 Å². The molecule has 0 bridgehead atoms. The molecule has 1 aliphatic heterocycles. The molecule has 1 aromatic heterocycles. The summed E-state index contributed by atoms with van der Waals surface area (Å²) in [6.45, 7) is 2.93. The zero-order valence-corrected chi connectivity index (χ0v) is 14.6. The van der Waals surface area contributed by atoms with Crippen LogP contribution in [0.5, 0.6) is 5.75 Å². The van der Waals surface area contributed by atoms with E-state index in [-0.39, 0.29) is 6.03 Å². The van der Waals surface area contributed by atoms with E-state index < -0.39 is 0 Å². The third-order valence-corrected chi connectivity index (χ3v) is 4.67. The van der Waals surface area contributed by atoms with Crippen molar-refractivity contribution in [1.82, 2.24) is 14.6 Å². The number of imidazole rings is 1.